The Morgan fingerprint density at radius 3 is 2.59 bits per heavy atom. The first-order valence-electron chi connectivity index (χ1n) is 6.29. The van der Waals surface area contributed by atoms with Crippen LogP contribution in [0.1, 0.15) is 39.7 Å². The van der Waals surface area contributed by atoms with Crippen molar-refractivity contribution < 1.29 is 9.31 Å². The van der Waals surface area contributed by atoms with Gasteiger partial charge in [0.25, 0.3) is 6.73 Å². The highest BCUT2D eigenvalue weighted by Gasteiger charge is 2.33. The maximum absolute atomic E-state index is 5.73. The quantitative estimate of drug-likeness (QED) is 0.621. The molecule has 2 heteroatoms. The number of allylic oxidation sites excluding steroid dienone is 2. The van der Waals surface area contributed by atoms with E-state index in [0.29, 0.717) is 6.73 Å². The van der Waals surface area contributed by atoms with Crippen LogP contribution >= 0.6 is 0 Å². The Hall–Kier alpha value is -1.57. The van der Waals surface area contributed by atoms with Crippen molar-refractivity contribution in [2.24, 2.45) is 0 Å². The van der Waals surface area contributed by atoms with E-state index in [2.05, 4.69) is 30.6 Å². The Balaban J connectivity index is 0.000000514. The fourth-order valence-corrected chi connectivity index (χ4v) is 2.29. The summed E-state index contributed by atoms with van der Waals surface area (Å²) in [5.74, 6) is 1.02. The van der Waals surface area contributed by atoms with Crippen LogP contribution in [0.2, 0.25) is 0 Å². The number of benzene rings is 1. The molecule has 90 valence electrons. The Bertz CT molecular complexity index is 497. The van der Waals surface area contributed by atoms with Crippen molar-refractivity contribution in [1.29, 1.82) is 0 Å². The molecule has 0 unspecified atom stereocenters. The number of nitrogens with zero attached hydrogens (tertiary/aromatic N) is 1. The number of rotatable bonds is 0. The summed E-state index contributed by atoms with van der Waals surface area (Å²) in [6.07, 6.45) is 1.06. The zero-order valence-corrected chi connectivity index (χ0v) is 11.1. The standard InChI is InChI=1S/C13H14NO.C2H6/c1-9-7-12-11-5-3-4-6-13(11)15-8-14(12)10(9)2;1-2/h3-6H,7-8H2,1-2H3;1-2H3/q+1;. The summed E-state index contributed by atoms with van der Waals surface area (Å²) in [7, 11) is 0. The first-order chi connectivity index (χ1) is 8.27. The molecule has 2 heterocycles. The van der Waals surface area contributed by atoms with E-state index in [0.717, 1.165) is 12.2 Å². The van der Waals surface area contributed by atoms with E-state index in [9.17, 15) is 0 Å². The van der Waals surface area contributed by atoms with Gasteiger partial charge in [-0.15, -0.1) is 0 Å². The van der Waals surface area contributed by atoms with Gasteiger partial charge >= 0.3 is 0 Å². The van der Waals surface area contributed by atoms with Gasteiger partial charge in [0.05, 0.1) is 12.0 Å². The van der Waals surface area contributed by atoms with E-state index in [1.807, 2.05) is 26.0 Å². The minimum Gasteiger partial charge on any atom is -0.435 e. The third-order valence-corrected chi connectivity index (χ3v) is 3.33. The maximum Gasteiger partial charge on any atom is 0.292 e. The van der Waals surface area contributed by atoms with Gasteiger partial charge < -0.3 is 4.74 Å². The van der Waals surface area contributed by atoms with Gasteiger partial charge in [-0.2, -0.15) is 4.58 Å². The summed E-state index contributed by atoms with van der Waals surface area (Å²) < 4.78 is 8.00. The highest BCUT2D eigenvalue weighted by Crippen LogP contribution is 2.30. The molecule has 0 radical (unpaired) electrons. The summed E-state index contributed by atoms with van der Waals surface area (Å²) in [4.78, 5) is 0. The Morgan fingerprint density at radius 1 is 1.12 bits per heavy atom. The Morgan fingerprint density at radius 2 is 1.82 bits per heavy atom. The molecule has 0 fully saturated rings. The fourth-order valence-electron chi connectivity index (χ4n) is 2.29. The van der Waals surface area contributed by atoms with E-state index in [1.54, 1.807) is 0 Å². The van der Waals surface area contributed by atoms with Crippen LogP contribution in [0.3, 0.4) is 0 Å². The van der Waals surface area contributed by atoms with Crippen LogP contribution < -0.4 is 4.74 Å². The molecular formula is C15H20NO+. The topological polar surface area (TPSA) is 12.2 Å². The van der Waals surface area contributed by atoms with Crippen LogP contribution in [0.5, 0.6) is 5.75 Å². The van der Waals surface area contributed by atoms with Crippen molar-refractivity contribution in [3.63, 3.8) is 0 Å². The summed E-state index contributed by atoms with van der Waals surface area (Å²) in [5.41, 5.74) is 5.44. The van der Waals surface area contributed by atoms with Gasteiger partial charge in [-0.05, 0) is 19.1 Å². The van der Waals surface area contributed by atoms with Crippen molar-refractivity contribution in [2.75, 3.05) is 6.73 Å². The third-order valence-electron chi connectivity index (χ3n) is 3.33. The number of hydrogen-bond donors (Lipinski definition) is 0. The van der Waals surface area contributed by atoms with Crippen LogP contribution in [0.4, 0.5) is 0 Å². The van der Waals surface area contributed by atoms with Crippen LogP contribution in [0, 0.1) is 0 Å². The maximum atomic E-state index is 5.73. The second-order valence-electron chi connectivity index (χ2n) is 4.19. The molecule has 0 spiro atoms. The Labute approximate surface area is 103 Å². The molecular weight excluding hydrogens is 210 g/mol. The monoisotopic (exact) mass is 230 g/mol. The van der Waals surface area contributed by atoms with E-state index >= 15 is 0 Å². The van der Waals surface area contributed by atoms with Gasteiger partial charge in [-0.25, -0.2) is 0 Å². The first-order valence-corrected chi connectivity index (χ1v) is 6.29. The molecule has 0 atom stereocenters. The third kappa shape index (κ3) is 1.88. The molecule has 3 rings (SSSR count). The largest absolute Gasteiger partial charge is 0.435 e. The Kier molecular flexibility index (Phi) is 3.32. The second kappa shape index (κ2) is 4.74. The molecule has 0 saturated carbocycles. The molecule has 0 aliphatic carbocycles. The molecule has 0 saturated heterocycles. The molecule has 2 aliphatic rings. The van der Waals surface area contributed by atoms with Gasteiger partial charge in [0, 0.05) is 12.5 Å². The number of fused-ring (bicyclic) bond motifs is 2. The molecule has 0 amide bonds. The minimum atomic E-state index is 0.662. The highest BCUT2D eigenvalue weighted by atomic mass is 16.5. The summed E-state index contributed by atoms with van der Waals surface area (Å²) in [6, 6.07) is 8.28. The van der Waals surface area contributed by atoms with Crippen LogP contribution in [-0.2, 0) is 0 Å². The van der Waals surface area contributed by atoms with Crippen molar-refractivity contribution in [1.82, 2.24) is 0 Å². The van der Waals surface area contributed by atoms with Gasteiger partial charge in [-0.3, -0.25) is 0 Å². The number of para-hydroxylation sites is 1. The predicted molar refractivity (Wildman–Crippen MR) is 70.6 cm³/mol. The number of hydrogen-bond acceptors (Lipinski definition) is 1. The average molecular weight is 230 g/mol. The van der Waals surface area contributed by atoms with E-state index < -0.39 is 0 Å². The second-order valence-corrected chi connectivity index (χ2v) is 4.19. The zero-order chi connectivity index (χ0) is 12.4. The molecule has 1 aromatic rings. The van der Waals surface area contributed by atoms with Gasteiger partial charge in [-0.1, -0.05) is 26.0 Å². The summed E-state index contributed by atoms with van der Waals surface area (Å²) >= 11 is 0. The summed E-state index contributed by atoms with van der Waals surface area (Å²) in [6.45, 7) is 9.03. The van der Waals surface area contributed by atoms with Crippen LogP contribution in [0.15, 0.2) is 35.5 Å². The van der Waals surface area contributed by atoms with Gasteiger partial charge in [0.1, 0.15) is 5.75 Å². The zero-order valence-electron chi connectivity index (χ0n) is 11.1. The van der Waals surface area contributed by atoms with Gasteiger partial charge in [0.2, 0.25) is 0 Å². The lowest BCUT2D eigenvalue weighted by atomic mass is 10.0. The minimum absolute atomic E-state index is 0.662. The molecule has 0 N–H and O–H groups in total. The lowest BCUT2D eigenvalue weighted by Crippen LogP contribution is -2.26. The van der Waals surface area contributed by atoms with Crippen molar-refractivity contribution in [2.45, 2.75) is 34.1 Å². The van der Waals surface area contributed by atoms with Crippen LogP contribution in [-0.4, -0.2) is 17.0 Å². The lowest BCUT2D eigenvalue weighted by Gasteiger charge is -2.14. The number of ether oxygens (including phenoxy) is 1. The van der Waals surface area contributed by atoms with E-state index in [1.165, 1.54) is 22.5 Å². The highest BCUT2D eigenvalue weighted by molar-refractivity contribution is 6.02. The molecule has 1 aromatic carbocycles. The molecule has 2 nitrogen and oxygen atoms in total. The van der Waals surface area contributed by atoms with Crippen molar-refractivity contribution >= 4 is 5.71 Å². The molecule has 0 aromatic heterocycles. The van der Waals surface area contributed by atoms with E-state index in [-0.39, 0.29) is 0 Å². The lowest BCUT2D eigenvalue weighted by molar-refractivity contribution is -0.511. The average Bonchev–Trinajstić information content (AvgIpc) is 2.68. The predicted octanol–water partition coefficient (Wildman–Crippen LogP) is 3.56. The fraction of sp³-hybridized carbons (Fsp3) is 0.400. The summed E-state index contributed by atoms with van der Waals surface area (Å²) in [5, 5.41) is 0. The smallest absolute Gasteiger partial charge is 0.292 e. The van der Waals surface area contributed by atoms with Crippen LogP contribution in [0.25, 0.3) is 0 Å². The van der Waals surface area contributed by atoms with E-state index in [4.69, 9.17) is 4.74 Å². The molecule has 2 aliphatic heterocycles. The van der Waals surface area contributed by atoms with Crippen molar-refractivity contribution in [3.05, 3.63) is 41.1 Å². The SMILES string of the molecule is CC.CC1=C(C)[N+]2=C(C1)c1ccccc1OC2. The molecule has 17 heavy (non-hydrogen) atoms. The normalized spacial score (nSPS) is 16.9. The molecule has 0 bridgehead atoms. The van der Waals surface area contributed by atoms with Crippen molar-refractivity contribution in [3.8, 4) is 5.75 Å². The van der Waals surface area contributed by atoms with Gasteiger partial charge in [0.15, 0.2) is 11.4 Å². The first kappa shape index (κ1) is 11.9.